The summed E-state index contributed by atoms with van der Waals surface area (Å²) in [5.74, 6) is 0.418. The van der Waals surface area contributed by atoms with Crippen molar-refractivity contribution >= 4 is 11.8 Å². The summed E-state index contributed by atoms with van der Waals surface area (Å²) in [4.78, 5) is 24.2. The fourth-order valence-electron chi connectivity index (χ4n) is 4.32. The Balaban J connectivity index is 2.30. The Labute approximate surface area is 116 Å². The molecule has 1 saturated heterocycles. The van der Waals surface area contributed by atoms with E-state index in [1.807, 2.05) is 0 Å². The lowest BCUT2D eigenvalue weighted by Gasteiger charge is -2.50. The number of carbonyl (C=O) groups excluding carboxylic acids is 2. The SMILES string of the molecule is CC(C)CC1C(=O)NC(=O)CC12CCCC(C)(C)C2. The Bertz CT molecular complexity index is 386. The van der Waals surface area contributed by atoms with E-state index in [0.29, 0.717) is 12.3 Å². The molecule has 0 aromatic carbocycles. The molecule has 1 saturated carbocycles. The molecule has 1 aliphatic carbocycles. The summed E-state index contributed by atoms with van der Waals surface area (Å²) in [6, 6.07) is 0. The normalized spacial score (nSPS) is 34.7. The van der Waals surface area contributed by atoms with Gasteiger partial charge in [0.25, 0.3) is 0 Å². The summed E-state index contributed by atoms with van der Waals surface area (Å²) in [5, 5.41) is 2.56. The molecule has 2 aliphatic rings. The monoisotopic (exact) mass is 265 g/mol. The molecular formula is C16H27NO2. The Morgan fingerprint density at radius 2 is 1.95 bits per heavy atom. The second-order valence-corrected chi connectivity index (χ2v) is 7.83. The van der Waals surface area contributed by atoms with Gasteiger partial charge in [-0.3, -0.25) is 14.9 Å². The Morgan fingerprint density at radius 3 is 2.53 bits per heavy atom. The van der Waals surface area contributed by atoms with Crippen molar-refractivity contribution in [3.63, 3.8) is 0 Å². The van der Waals surface area contributed by atoms with Gasteiger partial charge in [-0.05, 0) is 42.4 Å². The number of hydrogen-bond donors (Lipinski definition) is 1. The number of rotatable bonds is 2. The highest BCUT2D eigenvalue weighted by Gasteiger charge is 2.51. The molecule has 0 radical (unpaired) electrons. The predicted molar refractivity (Wildman–Crippen MR) is 75.4 cm³/mol. The summed E-state index contributed by atoms with van der Waals surface area (Å²) in [5.41, 5.74) is 0.177. The van der Waals surface area contributed by atoms with E-state index in [1.165, 1.54) is 6.42 Å². The van der Waals surface area contributed by atoms with Crippen LogP contribution >= 0.6 is 0 Å². The van der Waals surface area contributed by atoms with Gasteiger partial charge in [0.15, 0.2) is 0 Å². The third-order valence-corrected chi connectivity index (χ3v) is 4.90. The third-order valence-electron chi connectivity index (χ3n) is 4.90. The van der Waals surface area contributed by atoms with Gasteiger partial charge in [0.2, 0.25) is 11.8 Å². The molecule has 2 atom stereocenters. The van der Waals surface area contributed by atoms with Gasteiger partial charge in [-0.1, -0.05) is 34.1 Å². The highest BCUT2D eigenvalue weighted by atomic mass is 16.2. The van der Waals surface area contributed by atoms with Crippen molar-refractivity contribution in [3.8, 4) is 0 Å². The maximum Gasteiger partial charge on any atom is 0.230 e. The fraction of sp³-hybridized carbons (Fsp3) is 0.875. The molecule has 3 heteroatoms. The van der Waals surface area contributed by atoms with Gasteiger partial charge in [-0.25, -0.2) is 0 Å². The molecule has 108 valence electrons. The lowest BCUT2D eigenvalue weighted by Crippen LogP contribution is -2.54. The fourth-order valence-corrected chi connectivity index (χ4v) is 4.32. The summed E-state index contributed by atoms with van der Waals surface area (Å²) in [7, 11) is 0. The lowest BCUT2D eigenvalue weighted by molar-refractivity contribution is -0.148. The molecule has 2 rings (SSSR count). The molecule has 2 amide bonds. The van der Waals surface area contributed by atoms with Crippen molar-refractivity contribution in [3.05, 3.63) is 0 Å². The number of piperidine rings is 1. The van der Waals surface area contributed by atoms with Gasteiger partial charge in [-0.15, -0.1) is 0 Å². The molecule has 19 heavy (non-hydrogen) atoms. The maximum atomic E-state index is 12.3. The Kier molecular flexibility index (Phi) is 3.76. The summed E-state index contributed by atoms with van der Waals surface area (Å²) in [6.07, 6.45) is 5.83. The van der Waals surface area contributed by atoms with Crippen LogP contribution in [0.1, 0.15) is 66.2 Å². The van der Waals surface area contributed by atoms with Gasteiger partial charge >= 0.3 is 0 Å². The topological polar surface area (TPSA) is 46.2 Å². The number of amides is 2. The first-order valence-corrected chi connectivity index (χ1v) is 7.58. The van der Waals surface area contributed by atoms with Crippen LogP contribution in [0.4, 0.5) is 0 Å². The molecule has 2 fully saturated rings. The first-order chi connectivity index (χ1) is 8.74. The molecule has 1 heterocycles. The minimum Gasteiger partial charge on any atom is -0.296 e. The number of carbonyl (C=O) groups is 2. The van der Waals surface area contributed by atoms with Crippen LogP contribution in [0.5, 0.6) is 0 Å². The van der Waals surface area contributed by atoms with Crippen molar-refractivity contribution in [2.45, 2.75) is 66.2 Å². The predicted octanol–water partition coefficient (Wildman–Crippen LogP) is 3.28. The second kappa shape index (κ2) is 4.92. The standard InChI is InChI=1S/C16H27NO2/c1-11(2)8-12-14(19)17-13(18)9-16(12)7-5-6-15(3,4)10-16/h11-12H,5-10H2,1-4H3,(H,17,18,19). The van der Waals surface area contributed by atoms with E-state index in [1.54, 1.807) is 0 Å². The van der Waals surface area contributed by atoms with Crippen LogP contribution in [0.2, 0.25) is 0 Å². The molecule has 1 aliphatic heterocycles. The van der Waals surface area contributed by atoms with Gasteiger partial charge in [0.1, 0.15) is 0 Å². The first kappa shape index (κ1) is 14.5. The molecule has 0 bridgehead atoms. The number of imide groups is 1. The minimum absolute atomic E-state index is 0.0183. The van der Waals surface area contributed by atoms with Crippen molar-refractivity contribution in [1.82, 2.24) is 5.32 Å². The van der Waals surface area contributed by atoms with Crippen LogP contribution < -0.4 is 5.32 Å². The molecular weight excluding hydrogens is 238 g/mol. The van der Waals surface area contributed by atoms with Gasteiger partial charge < -0.3 is 0 Å². The van der Waals surface area contributed by atoms with Crippen LogP contribution in [0.15, 0.2) is 0 Å². The summed E-state index contributed by atoms with van der Waals surface area (Å²) < 4.78 is 0. The smallest absolute Gasteiger partial charge is 0.230 e. The van der Waals surface area contributed by atoms with E-state index >= 15 is 0 Å². The largest absolute Gasteiger partial charge is 0.296 e. The zero-order chi connectivity index (χ0) is 14.3. The first-order valence-electron chi connectivity index (χ1n) is 7.58. The van der Waals surface area contributed by atoms with Crippen LogP contribution in [0.3, 0.4) is 0 Å². The molecule has 1 spiro atoms. The maximum absolute atomic E-state index is 12.3. The Morgan fingerprint density at radius 1 is 1.26 bits per heavy atom. The van der Waals surface area contributed by atoms with Crippen LogP contribution in [-0.4, -0.2) is 11.8 Å². The summed E-state index contributed by atoms with van der Waals surface area (Å²) >= 11 is 0. The zero-order valence-corrected chi connectivity index (χ0v) is 12.7. The highest BCUT2D eigenvalue weighted by molar-refractivity contribution is 5.99. The van der Waals surface area contributed by atoms with Crippen LogP contribution in [0.25, 0.3) is 0 Å². The number of nitrogens with one attached hydrogen (secondary N) is 1. The zero-order valence-electron chi connectivity index (χ0n) is 12.7. The third kappa shape index (κ3) is 3.01. The van der Waals surface area contributed by atoms with Crippen LogP contribution in [-0.2, 0) is 9.59 Å². The molecule has 0 aromatic heterocycles. The molecule has 2 unspecified atom stereocenters. The van der Waals surface area contributed by atoms with E-state index in [2.05, 4.69) is 33.0 Å². The van der Waals surface area contributed by atoms with Crippen molar-refractivity contribution in [1.29, 1.82) is 0 Å². The summed E-state index contributed by atoms with van der Waals surface area (Å²) in [6.45, 7) is 8.87. The van der Waals surface area contributed by atoms with Crippen LogP contribution in [0, 0.1) is 22.7 Å². The van der Waals surface area contributed by atoms with Crippen molar-refractivity contribution in [2.24, 2.45) is 22.7 Å². The lowest BCUT2D eigenvalue weighted by atomic mass is 9.55. The quantitative estimate of drug-likeness (QED) is 0.779. The van der Waals surface area contributed by atoms with E-state index < -0.39 is 0 Å². The average Bonchev–Trinajstić information content (AvgIpc) is 2.21. The number of hydrogen-bond acceptors (Lipinski definition) is 2. The molecule has 3 nitrogen and oxygen atoms in total. The minimum atomic E-state index is -0.0779. The van der Waals surface area contributed by atoms with E-state index in [0.717, 1.165) is 25.7 Å². The van der Waals surface area contributed by atoms with Crippen molar-refractivity contribution in [2.75, 3.05) is 0 Å². The van der Waals surface area contributed by atoms with Gasteiger partial charge in [-0.2, -0.15) is 0 Å². The second-order valence-electron chi connectivity index (χ2n) is 7.83. The van der Waals surface area contributed by atoms with Gasteiger partial charge in [0.05, 0.1) is 0 Å². The average molecular weight is 265 g/mol. The van der Waals surface area contributed by atoms with Crippen molar-refractivity contribution < 1.29 is 9.59 Å². The van der Waals surface area contributed by atoms with Gasteiger partial charge in [0, 0.05) is 12.3 Å². The molecule has 0 aromatic rings. The van der Waals surface area contributed by atoms with E-state index in [4.69, 9.17) is 0 Å². The van der Waals surface area contributed by atoms with E-state index in [9.17, 15) is 9.59 Å². The van der Waals surface area contributed by atoms with E-state index in [-0.39, 0.29) is 28.6 Å². The molecule has 1 N–H and O–H groups in total. The Hall–Kier alpha value is -0.860. The highest BCUT2D eigenvalue weighted by Crippen LogP contribution is 2.54.